The summed E-state index contributed by atoms with van der Waals surface area (Å²) in [6, 6.07) is 7.44. The van der Waals surface area contributed by atoms with Gasteiger partial charge in [0, 0.05) is 37.7 Å². The van der Waals surface area contributed by atoms with Crippen molar-refractivity contribution in [2.45, 2.75) is 64.5 Å². The number of amides is 3. The minimum atomic E-state index is -0.160. The molecule has 6 heteroatoms. The minimum absolute atomic E-state index is 0.00740. The van der Waals surface area contributed by atoms with Gasteiger partial charge >= 0.3 is 0 Å². The van der Waals surface area contributed by atoms with Crippen LogP contribution in [-0.4, -0.2) is 47.8 Å². The Bertz CT molecular complexity index is 733. The number of benzene rings is 1. The standard InChI is InChI=1S/C22H31N3O3/c1-15-8-3-4-10-18(15)22(28)24-20-12-6-5-11-19(20)23-21(27)17-9-7-13-25(14-17)16(2)26/h3-4,8,10,17,19-20H,5-7,9,11-14H2,1-2H3,(H,23,27)(H,24,28)/t17-,19-,20-/m1/s1. The second-order valence-corrected chi connectivity index (χ2v) is 8.10. The molecule has 2 fully saturated rings. The normalized spacial score (nSPS) is 25.1. The lowest BCUT2D eigenvalue weighted by Gasteiger charge is -2.36. The van der Waals surface area contributed by atoms with Gasteiger partial charge in [0.05, 0.1) is 5.92 Å². The smallest absolute Gasteiger partial charge is 0.251 e. The van der Waals surface area contributed by atoms with Crippen molar-refractivity contribution in [3.05, 3.63) is 35.4 Å². The first kappa shape index (κ1) is 20.4. The molecule has 3 amide bonds. The molecule has 2 aliphatic rings. The van der Waals surface area contributed by atoms with Crippen LogP contribution in [0.2, 0.25) is 0 Å². The summed E-state index contributed by atoms with van der Waals surface area (Å²) in [6.07, 6.45) is 5.50. The van der Waals surface area contributed by atoms with Crippen molar-refractivity contribution in [1.82, 2.24) is 15.5 Å². The van der Waals surface area contributed by atoms with E-state index in [4.69, 9.17) is 0 Å². The van der Waals surface area contributed by atoms with Gasteiger partial charge in [-0.05, 0) is 44.2 Å². The Labute approximate surface area is 167 Å². The maximum absolute atomic E-state index is 12.8. The molecule has 3 rings (SSSR count). The molecule has 1 aliphatic heterocycles. The van der Waals surface area contributed by atoms with E-state index in [1.54, 1.807) is 11.8 Å². The zero-order valence-corrected chi connectivity index (χ0v) is 16.9. The molecule has 0 unspecified atom stereocenters. The number of aryl methyl sites for hydroxylation is 1. The maximum Gasteiger partial charge on any atom is 0.251 e. The van der Waals surface area contributed by atoms with Crippen LogP contribution >= 0.6 is 0 Å². The first-order chi connectivity index (χ1) is 13.5. The number of likely N-dealkylation sites (tertiary alicyclic amines) is 1. The zero-order chi connectivity index (χ0) is 20.1. The molecule has 2 N–H and O–H groups in total. The van der Waals surface area contributed by atoms with E-state index in [1.807, 2.05) is 31.2 Å². The topological polar surface area (TPSA) is 78.5 Å². The number of hydrogen-bond donors (Lipinski definition) is 2. The molecule has 152 valence electrons. The number of rotatable bonds is 4. The van der Waals surface area contributed by atoms with Gasteiger partial charge in [0.2, 0.25) is 11.8 Å². The van der Waals surface area contributed by atoms with Gasteiger partial charge in [-0.25, -0.2) is 0 Å². The summed E-state index contributed by atoms with van der Waals surface area (Å²) >= 11 is 0. The van der Waals surface area contributed by atoms with Gasteiger partial charge in [-0.1, -0.05) is 31.0 Å². The lowest BCUT2D eigenvalue weighted by molar-refractivity contribution is -0.134. The van der Waals surface area contributed by atoms with Gasteiger partial charge in [0.1, 0.15) is 0 Å². The number of piperidine rings is 1. The SMILES string of the molecule is CC(=O)N1CCC[C@@H](C(=O)N[C@@H]2CCCC[C@H]2NC(=O)c2ccccc2C)C1. The highest BCUT2D eigenvalue weighted by molar-refractivity contribution is 5.95. The van der Waals surface area contributed by atoms with Crippen LogP contribution in [0.5, 0.6) is 0 Å². The van der Waals surface area contributed by atoms with Gasteiger partial charge in [-0.15, -0.1) is 0 Å². The number of nitrogens with zero attached hydrogens (tertiary/aromatic N) is 1. The summed E-state index contributed by atoms with van der Waals surface area (Å²) in [5.41, 5.74) is 1.63. The average Bonchev–Trinajstić information content (AvgIpc) is 2.69. The number of carbonyl (C=O) groups excluding carboxylic acids is 3. The van der Waals surface area contributed by atoms with Crippen molar-refractivity contribution >= 4 is 17.7 Å². The van der Waals surface area contributed by atoms with E-state index in [0.29, 0.717) is 12.1 Å². The molecule has 0 aromatic heterocycles. The highest BCUT2D eigenvalue weighted by atomic mass is 16.2. The van der Waals surface area contributed by atoms with Crippen molar-refractivity contribution in [2.24, 2.45) is 5.92 Å². The predicted molar refractivity (Wildman–Crippen MR) is 108 cm³/mol. The molecule has 1 heterocycles. The summed E-state index contributed by atoms with van der Waals surface area (Å²) < 4.78 is 0. The summed E-state index contributed by atoms with van der Waals surface area (Å²) in [7, 11) is 0. The molecule has 3 atom stereocenters. The highest BCUT2D eigenvalue weighted by Crippen LogP contribution is 2.22. The predicted octanol–water partition coefficient (Wildman–Crippen LogP) is 2.41. The largest absolute Gasteiger partial charge is 0.351 e. The van der Waals surface area contributed by atoms with Gasteiger partial charge in [0.15, 0.2) is 0 Å². The molecule has 1 aliphatic carbocycles. The third-order valence-corrected chi connectivity index (χ3v) is 6.04. The molecule has 1 aromatic rings. The third kappa shape index (κ3) is 4.91. The van der Waals surface area contributed by atoms with Crippen LogP contribution in [0.3, 0.4) is 0 Å². The first-order valence-electron chi connectivity index (χ1n) is 10.4. The van der Waals surface area contributed by atoms with Crippen LogP contribution in [0, 0.1) is 12.8 Å². The Morgan fingerprint density at radius 1 is 0.964 bits per heavy atom. The Morgan fingerprint density at radius 3 is 2.32 bits per heavy atom. The lowest BCUT2D eigenvalue weighted by atomic mass is 9.88. The van der Waals surface area contributed by atoms with Gasteiger partial charge in [-0.2, -0.15) is 0 Å². The lowest BCUT2D eigenvalue weighted by Crippen LogP contribution is -2.55. The van der Waals surface area contributed by atoms with Gasteiger partial charge in [0.25, 0.3) is 5.91 Å². The Hall–Kier alpha value is -2.37. The molecule has 0 radical (unpaired) electrons. The van der Waals surface area contributed by atoms with E-state index >= 15 is 0 Å². The second kappa shape index (κ2) is 9.22. The monoisotopic (exact) mass is 385 g/mol. The van der Waals surface area contributed by atoms with E-state index in [9.17, 15) is 14.4 Å². The summed E-state index contributed by atoms with van der Waals surface area (Å²) in [6.45, 7) is 4.71. The van der Waals surface area contributed by atoms with Crippen LogP contribution in [0.4, 0.5) is 0 Å². The van der Waals surface area contributed by atoms with E-state index in [1.165, 1.54) is 0 Å². The molecular weight excluding hydrogens is 354 g/mol. The Balaban J connectivity index is 1.61. The zero-order valence-electron chi connectivity index (χ0n) is 16.9. The number of nitrogens with one attached hydrogen (secondary N) is 2. The van der Waals surface area contributed by atoms with Crippen LogP contribution in [-0.2, 0) is 9.59 Å². The van der Waals surface area contributed by atoms with E-state index in [0.717, 1.165) is 50.6 Å². The van der Waals surface area contributed by atoms with Crippen LogP contribution in [0.1, 0.15) is 61.4 Å². The highest BCUT2D eigenvalue weighted by Gasteiger charge is 2.32. The van der Waals surface area contributed by atoms with E-state index in [-0.39, 0.29) is 35.7 Å². The fraction of sp³-hybridized carbons (Fsp3) is 0.591. The Kier molecular flexibility index (Phi) is 6.70. The number of carbonyl (C=O) groups is 3. The summed E-state index contributed by atoms with van der Waals surface area (Å²) in [5, 5.41) is 6.32. The molecule has 1 saturated heterocycles. The van der Waals surface area contributed by atoms with Gasteiger partial charge in [-0.3, -0.25) is 14.4 Å². The second-order valence-electron chi connectivity index (χ2n) is 8.10. The summed E-state index contributed by atoms with van der Waals surface area (Å²) in [5.74, 6) is -0.205. The molecule has 6 nitrogen and oxygen atoms in total. The van der Waals surface area contributed by atoms with Crippen molar-refractivity contribution in [1.29, 1.82) is 0 Å². The van der Waals surface area contributed by atoms with Crippen molar-refractivity contribution < 1.29 is 14.4 Å². The molecule has 28 heavy (non-hydrogen) atoms. The summed E-state index contributed by atoms with van der Waals surface area (Å²) in [4.78, 5) is 38.9. The third-order valence-electron chi connectivity index (χ3n) is 6.04. The maximum atomic E-state index is 12.8. The van der Waals surface area contributed by atoms with Crippen molar-refractivity contribution in [3.8, 4) is 0 Å². The van der Waals surface area contributed by atoms with Crippen molar-refractivity contribution in [3.63, 3.8) is 0 Å². The average molecular weight is 386 g/mol. The fourth-order valence-electron chi connectivity index (χ4n) is 4.33. The Morgan fingerprint density at radius 2 is 1.64 bits per heavy atom. The molecular formula is C22H31N3O3. The first-order valence-corrected chi connectivity index (χ1v) is 10.4. The van der Waals surface area contributed by atoms with Crippen molar-refractivity contribution in [2.75, 3.05) is 13.1 Å². The van der Waals surface area contributed by atoms with Gasteiger partial charge < -0.3 is 15.5 Å². The van der Waals surface area contributed by atoms with E-state index in [2.05, 4.69) is 10.6 Å². The molecule has 0 spiro atoms. The van der Waals surface area contributed by atoms with E-state index < -0.39 is 0 Å². The molecule has 1 aromatic carbocycles. The van der Waals surface area contributed by atoms with Crippen LogP contribution in [0.15, 0.2) is 24.3 Å². The molecule has 1 saturated carbocycles. The van der Waals surface area contributed by atoms with Crippen LogP contribution < -0.4 is 10.6 Å². The number of hydrogen-bond acceptors (Lipinski definition) is 3. The quantitative estimate of drug-likeness (QED) is 0.835. The minimum Gasteiger partial charge on any atom is -0.351 e. The fourth-order valence-corrected chi connectivity index (χ4v) is 4.33. The van der Waals surface area contributed by atoms with Crippen LogP contribution in [0.25, 0.3) is 0 Å². The molecule has 0 bridgehead atoms.